The van der Waals surface area contributed by atoms with Crippen LogP contribution in [0, 0.1) is 23.2 Å². The lowest BCUT2D eigenvalue weighted by Crippen LogP contribution is -2.53. The van der Waals surface area contributed by atoms with E-state index in [1.54, 1.807) is 4.90 Å². The molecule has 0 bridgehead atoms. The monoisotopic (exact) mass is 644 g/mol. The molecule has 0 aromatic heterocycles. The first-order valence-electron chi connectivity index (χ1n) is 15.8. The first-order valence-corrected chi connectivity index (χ1v) is 17.3. The van der Waals surface area contributed by atoms with Crippen molar-refractivity contribution in [2.75, 3.05) is 44.8 Å². The Hall–Kier alpha value is -3.98. The zero-order chi connectivity index (χ0) is 32.6. The molecule has 4 aliphatic heterocycles. The molecular weight excluding hydrogens is 604 g/mol. The molecule has 2 aromatic carbocycles. The number of benzene rings is 2. The van der Waals surface area contributed by atoms with Gasteiger partial charge in [-0.05, 0) is 81.4 Å². The Morgan fingerprint density at radius 1 is 0.978 bits per heavy atom. The molecule has 2 atom stereocenters. The highest BCUT2D eigenvalue weighted by Crippen LogP contribution is 2.39. The Bertz CT molecular complexity index is 1730. The third-order valence-corrected chi connectivity index (χ3v) is 11.5. The number of nitrogens with two attached hydrogens (primary N) is 1. The lowest BCUT2D eigenvalue weighted by Gasteiger charge is -2.34. The van der Waals surface area contributed by atoms with Crippen molar-refractivity contribution < 1.29 is 18.0 Å². The molecular formula is C33H40N8O4S. The quantitative estimate of drug-likeness (QED) is 0.416. The second-order valence-electron chi connectivity index (χ2n) is 12.5. The van der Waals surface area contributed by atoms with Gasteiger partial charge in [0.05, 0.1) is 22.2 Å². The molecule has 2 unspecified atom stereocenters. The Morgan fingerprint density at radius 3 is 2.41 bits per heavy atom. The zero-order valence-electron chi connectivity index (χ0n) is 26.2. The number of nitriles is 1. The molecule has 6 rings (SSSR count). The number of rotatable bonds is 5. The van der Waals surface area contributed by atoms with Gasteiger partial charge < -0.3 is 15.6 Å². The SMILES string of the molecule is CC(C#Cc1cc(S(=O)(=O)N2CCC(N)CC2)ccc1C#N)N1CCC(c2ccc3c(c2)N(C)NC3N2CCC(=O)NC2=O)CC1. The summed E-state index contributed by atoms with van der Waals surface area (Å²) in [5, 5.41) is 14.0. The van der Waals surface area contributed by atoms with Gasteiger partial charge in [0.2, 0.25) is 15.9 Å². The average molecular weight is 645 g/mol. The number of carbonyl (C=O) groups is 2. The van der Waals surface area contributed by atoms with Crippen molar-refractivity contribution >= 4 is 27.6 Å². The van der Waals surface area contributed by atoms with Crippen molar-refractivity contribution in [3.63, 3.8) is 0 Å². The van der Waals surface area contributed by atoms with Crippen molar-refractivity contribution in [1.29, 1.82) is 5.26 Å². The molecule has 13 heteroatoms. The minimum absolute atomic E-state index is 0.0193. The van der Waals surface area contributed by atoms with E-state index < -0.39 is 10.0 Å². The van der Waals surface area contributed by atoms with E-state index in [2.05, 4.69) is 51.8 Å². The van der Waals surface area contributed by atoms with E-state index in [4.69, 9.17) is 5.73 Å². The highest BCUT2D eigenvalue weighted by molar-refractivity contribution is 7.89. The van der Waals surface area contributed by atoms with Gasteiger partial charge in [-0.1, -0.05) is 24.0 Å². The van der Waals surface area contributed by atoms with Crippen LogP contribution in [0.4, 0.5) is 10.5 Å². The van der Waals surface area contributed by atoms with Crippen LogP contribution in [0.1, 0.15) is 73.4 Å². The third kappa shape index (κ3) is 6.34. The van der Waals surface area contributed by atoms with E-state index in [1.165, 1.54) is 28.1 Å². The number of sulfonamides is 1. The smallest absolute Gasteiger partial charge is 0.325 e. The number of carbonyl (C=O) groups excluding carboxylic acids is 2. The van der Waals surface area contributed by atoms with Gasteiger partial charge in [0.25, 0.3) is 0 Å². The van der Waals surface area contributed by atoms with Gasteiger partial charge in [0, 0.05) is 50.3 Å². The predicted molar refractivity (Wildman–Crippen MR) is 173 cm³/mol. The number of piperidine rings is 2. The number of amides is 3. The largest absolute Gasteiger partial charge is 0.328 e. The summed E-state index contributed by atoms with van der Waals surface area (Å²) >= 11 is 0. The number of likely N-dealkylation sites (tertiary alicyclic amines) is 1. The molecule has 2 aromatic rings. The second-order valence-corrected chi connectivity index (χ2v) is 14.5. The second kappa shape index (κ2) is 13.0. The van der Waals surface area contributed by atoms with Gasteiger partial charge in [0.1, 0.15) is 12.2 Å². The van der Waals surface area contributed by atoms with E-state index in [0.29, 0.717) is 49.5 Å². The topological polar surface area (TPSA) is 155 Å². The van der Waals surface area contributed by atoms with Gasteiger partial charge in [-0.3, -0.25) is 15.0 Å². The minimum Gasteiger partial charge on any atom is -0.328 e. The number of urea groups is 1. The molecule has 0 radical (unpaired) electrons. The molecule has 3 saturated heterocycles. The first kappa shape index (κ1) is 32.0. The predicted octanol–water partition coefficient (Wildman–Crippen LogP) is 2.18. The highest BCUT2D eigenvalue weighted by Gasteiger charge is 2.37. The summed E-state index contributed by atoms with van der Waals surface area (Å²) in [6, 6.07) is 12.7. The summed E-state index contributed by atoms with van der Waals surface area (Å²) < 4.78 is 28.0. The average Bonchev–Trinajstić information content (AvgIpc) is 3.38. The van der Waals surface area contributed by atoms with Crippen molar-refractivity contribution in [3.8, 4) is 17.9 Å². The fourth-order valence-corrected chi connectivity index (χ4v) is 8.26. The summed E-state index contributed by atoms with van der Waals surface area (Å²) in [7, 11) is -1.76. The van der Waals surface area contributed by atoms with Crippen LogP contribution in [0.2, 0.25) is 0 Å². The van der Waals surface area contributed by atoms with Crippen molar-refractivity contribution in [2.24, 2.45) is 5.73 Å². The van der Waals surface area contributed by atoms with Gasteiger partial charge in [-0.15, -0.1) is 0 Å². The lowest BCUT2D eigenvalue weighted by atomic mass is 9.88. The molecule has 0 aliphatic carbocycles. The standard InChI is InChI=1S/C33H40N8O4S/c1-22(3-4-24-19-28(7-5-26(24)21-34)46(44,45)40-16-11-27(35)12-17-40)39-14-9-23(10-15-39)25-6-8-29-30(20-25)38(2)37-32(29)41-18-13-31(42)36-33(41)43/h5-8,19-20,22-23,27,32,37H,9-18,35H2,1-2H3,(H,36,42,43). The number of fused-ring (bicyclic) bond motifs is 1. The molecule has 4 aliphatic rings. The van der Waals surface area contributed by atoms with E-state index in [9.17, 15) is 23.3 Å². The van der Waals surface area contributed by atoms with Gasteiger partial charge in [0.15, 0.2) is 0 Å². The van der Waals surface area contributed by atoms with Crippen molar-refractivity contribution in [2.45, 2.75) is 68.1 Å². The molecule has 12 nitrogen and oxygen atoms in total. The van der Waals surface area contributed by atoms with Crippen LogP contribution in [0.25, 0.3) is 0 Å². The van der Waals surface area contributed by atoms with Crippen molar-refractivity contribution in [3.05, 3.63) is 58.7 Å². The maximum Gasteiger partial charge on any atom is 0.325 e. The summed E-state index contributed by atoms with van der Waals surface area (Å²) in [5.74, 6) is 6.51. The Morgan fingerprint density at radius 2 is 1.72 bits per heavy atom. The van der Waals surface area contributed by atoms with E-state index in [1.807, 2.05) is 19.0 Å². The Labute approximate surface area is 270 Å². The molecule has 0 saturated carbocycles. The molecule has 242 valence electrons. The van der Waals surface area contributed by atoms with Crippen LogP contribution in [-0.2, 0) is 14.8 Å². The molecule has 0 spiro atoms. The zero-order valence-corrected chi connectivity index (χ0v) is 27.0. The summed E-state index contributed by atoms with van der Waals surface area (Å²) in [6.07, 6.45) is 3.12. The first-order chi connectivity index (χ1) is 22.0. The van der Waals surface area contributed by atoms with Crippen LogP contribution in [-0.4, -0.2) is 86.3 Å². The Kier molecular flexibility index (Phi) is 9.06. The van der Waals surface area contributed by atoms with Gasteiger partial charge >= 0.3 is 6.03 Å². The number of nitrogens with zero attached hydrogens (tertiary/aromatic N) is 5. The van der Waals surface area contributed by atoms with Crippen LogP contribution in [0.3, 0.4) is 0 Å². The summed E-state index contributed by atoms with van der Waals surface area (Å²) in [4.78, 5) is 28.2. The van der Waals surface area contributed by atoms with Crippen LogP contribution in [0.5, 0.6) is 0 Å². The molecule has 4 heterocycles. The number of nitrogens with one attached hydrogen (secondary N) is 2. The fourth-order valence-electron chi connectivity index (χ4n) is 6.76. The summed E-state index contributed by atoms with van der Waals surface area (Å²) in [5.41, 5.74) is 13.4. The Balaban J connectivity index is 1.10. The number of anilines is 1. The van der Waals surface area contributed by atoms with E-state index in [-0.39, 0.29) is 41.5 Å². The van der Waals surface area contributed by atoms with Gasteiger partial charge in [-0.2, -0.15) is 9.57 Å². The maximum atomic E-state index is 13.3. The third-order valence-electron chi connectivity index (χ3n) is 9.64. The lowest BCUT2D eigenvalue weighted by molar-refractivity contribution is -0.121. The number of hydrogen-bond acceptors (Lipinski definition) is 9. The normalized spacial score (nSPS) is 22.5. The maximum absolute atomic E-state index is 13.3. The number of imide groups is 1. The van der Waals surface area contributed by atoms with Gasteiger partial charge in [-0.25, -0.2) is 18.6 Å². The minimum atomic E-state index is -3.69. The number of hydrogen-bond donors (Lipinski definition) is 3. The summed E-state index contributed by atoms with van der Waals surface area (Å²) in [6.45, 7) is 4.89. The highest BCUT2D eigenvalue weighted by atomic mass is 32.2. The van der Waals surface area contributed by atoms with E-state index in [0.717, 1.165) is 37.2 Å². The van der Waals surface area contributed by atoms with E-state index >= 15 is 0 Å². The van der Waals surface area contributed by atoms with Crippen LogP contribution < -0.4 is 21.5 Å². The van der Waals surface area contributed by atoms with Crippen LogP contribution >= 0.6 is 0 Å². The fraction of sp³-hybridized carbons (Fsp3) is 0.485. The van der Waals surface area contributed by atoms with Crippen molar-refractivity contribution in [1.82, 2.24) is 24.8 Å². The molecule has 3 fully saturated rings. The number of hydrazine groups is 1. The molecule has 46 heavy (non-hydrogen) atoms. The van der Waals surface area contributed by atoms with Crippen LogP contribution in [0.15, 0.2) is 41.3 Å². The molecule has 3 amide bonds. The molecule has 4 N–H and O–H groups in total.